The van der Waals surface area contributed by atoms with Gasteiger partial charge in [-0.1, -0.05) is 0 Å². The van der Waals surface area contributed by atoms with Gasteiger partial charge >= 0.3 is 0 Å². The monoisotopic (exact) mass is 217 g/mol. The van der Waals surface area contributed by atoms with E-state index in [1.807, 2.05) is 0 Å². The van der Waals surface area contributed by atoms with E-state index in [0.717, 1.165) is 12.3 Å². The van der Waals surface area contributed by atoms with E-state index in [4.69, 9.17) is 5.10 Å². The second-order valence-corrected chi connectivity index (χ2v) is 5.79. The summed E-state index contributed by atoms with van der Waals surface area (Å²) in [6.45, 7) is 2.32. The van der Waals surface area contributed by atoms with Crippen LogP contribution in [0.2, 0.25) is 0 Å². The van der Waals surface area contributed by atoms with Crippen LogP contribution in [0.1, 0.15) is 55.9 Å². The molecule has 1 aliphatic carbocycles. The van der Waals surface area contributed by atoms with Gasteiger partial charge in [0.05, 0.1) is 11.7 Å². The molecular formula is C13H19N3. The van der Waals surface area contributed by atoms with Crippen LogP contribution in [0.3, 0.4) is 0 Å². The smallest absolute Gasteiger partial charge is 0.0688 e. The van der Waals surface area contributed by atoms with Crippen molar-refractivity contribution in [1.29, 1.82) is 0 Å². The van der Waals surface area contributed by atoms with Crippen LogP contribution < -0.4 is 5.32 Å². The quantitative estimate of drug-likeness (QED) is 0.823. The van der Waals surface area contributed by atoms with Crippen molar-refractivity contribution in [2.45, 2.75) is 57.2 Å². The fraction of sp³-hybridized carbons (Fsp3) is 0.769. The van der Waals surface area contributed by atoms with Gasteiger partial charge in [0.1, 0.15) is 0 Å². The van der Waals surface area contributed by atoms with Crippen molar-refractivity contribution < 1.29 is 0 Å². The zero-order chi connectivity index (χ0) is 10.7. The highest BCUT2D eigenvalue weighted by Gasteiger charge is 2.36. The molecule has 0 aromatic carbocycles. The fourth-order valence-corrected chi connectivity index (χ4v) is 3.35. The van der Waals surface area contributed by atoms with Crippen LogP contribution in [0, 0.1) is 5.92 Å². The normalized spacial score (nSPS) is 33.8. The van der Waals surface area contributed by atoms with Gasteiger partial charge < -0.3 is 5.32 Å². The predicted molar refractivity (Wildman–Crippen MR) is 62.3 cm³/mol. The molecule has 1 aromatic heterocycles. The molecule has 86 valence electrons. The number of fused-ring (bicyclic) bond motifs is 4. The van der Waals surface area contributed by atoms with Crippen LogP contribution in [0.5, 0.6) is 0 Å². The van der Waals surface area contributed by atoms with E-state index < -0.39 is 0 Å². The Bertz CT molecular complexity index is 419. The topological polar surface area (TPSA) is 29.9 Å². The van der Waals surface area contributed by atoms with Crippen LogP contribution in [0.4, 0.5) is 0 Å². The highest BCUT2D eigenvalue weighted by Crippen LogP contribution is 2.41. The van der Waals surface area contributed by atoms with Crippen molar-refractivity contribution >= 4 is 0 Å². The molecule has 3 heterocycles. The minimum atomic E-state index is 0.605. The van der Waals surface area contributed by atoms with Gasteiger partial charge in [0.25, 0.3) is 0 Å². The summed E-state index contributed by atoms with van der Waals surface area (Å²) in [5, 5.41) is 8.52. The molecule has 3 nitrogen and oxygen atoms in total. The van der Waals surface area contributed by atoms with E-state index in [0.29, 0.717) is 18.1 Å². The summed E-state index contributed by atoms with van der Waals surface area (Å²) >= 11 is 0. The molecule has 4 rings (SSSR count). The van der Waals surface area contributed by atoms with Crippen LogP contribution >= 0.6 is 0 Å². The average molecular weight is 217 g/mol. The van der Waals surface area contributed by atoms with Gasteiger partial charge in [0.15, 0.2) is 0 Å². The first-order valence-corrected chi connectivity index (χ1v) is 6.65. The lowest BCUT2D eigenvalue weighted by Crippen LogP contribution is -2.31. The molecule has 0 amide bonds. The molecule has 3 atom stereocenters. The molecule has 2 bridgehead atoms. The molecule has 0 unspecified atom stereocenters. The van der Waals surface area contributed by atoms with Crippen molar-refractivity contribution in [1.82, 2.24) is 15.1 Å². The van der Waals surface area contributed by atoms with E-state index in [-0.39, 0.29) is 0 Å². The van der Waals surface area contributed by atoms with E-state index in [1.54, 1.807) is 0 Å². The Morgan fingerprint density at radius 1 is 1.38 bits per heavy atom. The maximum absolute atomic E-state index is 4.83. The Morgan fingerprint density at radius 2 is 2.25 bits per heavy atom. The van der Waals surface area contributed by atoms with Gasteiger partial charge in [-0.2, -0.15) is 5.10 Å². The lowest BCUT2D eigenvalue weighted by atomic mass is 10.0. The van der Waals surface area contributed by atoms with Gasteiger partial charge in [-0.15, -0.1) is 0 Å². The molecule has 1 saturated heterocycles. The summed E-state index contributed by atoms with van der Waals surface area (Å²) in [4.78, 5) is 0. The summed E-state index contributed by atoms with van der Waals surface area (Å²) < 4.78 is 2.24. The number of nitrogens with one attached hydrogen (secondary N) is 1. The Hall–Kier alpha value is -0.830. The number of hydrogen-bond acceptors (Lipinski definition) is 2. The second-order valence-electron chi connectivity index (χ2n) is 5.79. The van der Waals surface area contributed by atoms with E-state index in [1.165, 1.54) is 36.9 Å². The first kappa shape index (κ1) is 9.23. The highest BCUT2D eigenvalue weighted by molar-refractivity contribution is 5.28. The number of rotatable bonds is 2. The molecule has 0 spiro atoms. The van der Waals surface area contributed by atoms with Gasteiger partial charge in [-0.25, -0.2) is 0 Å². The first-order valence-electron chi connectivity index (χ1n) is 6.65. The largest absolute Gasteiger partial charge is 0.307 e. The lowest BCUT2D eigenvalue weighted by molar-refractivity contribution is 0.434. The standard InChI is InChI=1S/C13H19N3/c1-8(9-2-3-9)16-7-11-12-5-4-10(14-12)6-13(11)15-16/h7-10,12,14H,2-6H2,1H3/t8-,10+,12+/m1/s1. The maximum Gasteiger partial charge on any atom is 0.0688 e. The van der Waals surface area contributed by atoms with Crippen LogP contribution in [-0.4, -0.2) is 15.8 Å². The van der Waals surface area contributed by atoms with Crippen molar-refractivity contribution in [2.75, 3.05) is 0 Å². The molecular weight excluding hydrogens is 198 g/mol. The number of nitrogens with zero attached hydrogens (tertiary/aromatic N) is 2. The van der Waals surface area contributed by atoms with Gasteiger partial charge in [-0.05, 0) is 38.5 Å². The third-order valence-electron chi connectivity index (χ3n) is 4.62. The Labute approximate surface area is 96.2 Å². The molecule has 1 aromatic rings. The summed E-state index contributed by atoms with van der Waals surface area (Å²) in [7, 11) is 0. The minimum Gasteiger partial charge on any atom is -0.307 e. The second kappa shape index (κ2) is 3.10. The summed E-state index contributed by atoms with van der Waals surface area (Å²) in [6, 6.07) is 1.93. The molecule has 0 radical (unpaired) electrons. The van der Waals surface area contributed by atoms with Crippen molar-refractivity contribution in [3.63, 3.8) is 0 Å². The zero-order valence-electron chi connectivity index (χ0n) is 9.82. The number of aromatic nitrogens is 2. The summed E-state index contributed by atoms with van der Waals surface area (Å²) in [5.74, 6) is 0.895. The Morgan fingerprint density at radius 3 is 3.06 bits per heavy atom. The molecule has 16 heavy (non-hydrogen) atoms. The summed E-state index contributed by atoms with van der Waals surface area (Å²) in [6.07, 6.45) is 8.90. The van der Waals surface area contributed by atoms with E-state index >= 15 is 0 Å². The van der Waals surface area contributed by atoms with Crippen LogP contribution in [-0.2, 0) is 6.42 Å². The zero-order valence-corrected chi connectivity index (χ0v) is 9.82. The Kier molecular flexibility index (Phi) is 1.79. The average Bonchev–Trinajstić information content (AvgIpc) is 2.93. The molecule has 3 heteroatoms. The fourth-order valence-electron chi connectivity index (χ4n) is 3.35. The first-order chi connectivity index (χ1) is 7.81. The van der Waals surface area contributed by atoms with Crippen molar-refractivity contribution in [2.24, 2.45) is 5.92 Å². The van der Waals surface area contributed by atoms with Crippen LogP contribution in [0.15, 0.2) is 6.20 Å². The van der Waals surface area contributed by atoms with Crippen LogP contribution in [0.25, 0.3) is 0 Å². The van der Waals surface area contributed by atoms with Gasteiger partial charge in [0, 0.05) is 30.3 Å². The molecule has 1 saturated carbocycles. The highest BCUT2D eigenvalue weighted by atomic mass is 15.3. The SMILES string of the molecule is C[C@H](C1CC1)n1cc2c(n1)C[C@@H]1CC[C@@H]2N1. The molecule has 3 aliphatic rings. The van der Waals surface area contributed by atoms with E-state index in [9.17, 15) is 0 Å². The summed E-state index contributed by atoms with van der Waals surface area (Å²) in [5.41, 5.74) is 2.86. The molecule has 2 fully saturated rings. The molecule has 1 N–H and O–H groups in total. The van der Waals surface area contributed by atoms with Gasteiger partial charge in [-0.3, -0.25) is 4.68 Å². The van der Waals surface area contributed by atoms with Crippen molar-refractivity contribution in [3.8, 4) is 0 Å². The predicted octanol–water partition coefficient (Wildman–Crippen LogP) is 2.20. The minimum absolute atomic E-state index is 0.605. The Balaban J connectivity index is 1.69. The maximum atomic E-state index is 4.83. The number of hydrogen-bond donors (Lipinski definition) is 1. The third-order valence-corrected chi connectivity index (χ3v) is 4.62. The molecule has 2 aliphatic heterocycles. The van der Waals surface area contributed by atoms with Gasteiger partial charge in [0.2, 0.25) is 0 Å². The third kappa shape index (κ3) is 1.27. The van der Waals surface area contributed by atoms with E-state index in [2.05, 4.69) is 23.1 Å². The van der Waals surface area contributed by atoms with Crippen molar-refractivity contribution in [3.05, 3.63) is 17.5 Å². The lowest BCUT2D eigenvalue weighted by Gasteiger charge is -2.19.